The van der Waals surface area contributed by atoms with Crippen molar-refractivity contribution in [3.63, 3.8) is 0 Å². The largest absolute Gasteiger partial charge is 0.496 e. The van der Waals surface area contributed by atoms with E-state index in [9.17, 15) is 4.79 Å². The second kappa shape index (κ2) is 8.97. The maximum Gasteiger partial charge on any atom is 0.262 e. The summed E-state index contributed by atoms with van der Waals surface area (Å²) in [5.41, 5.74) is 2.02. The molecule has 0 bridgehead atoms. The van der Waals surface area contributed by atoms with Gasteiger partial charge in [-0.3, -0.25) is 4.79 Å². The molecule has 0 saturated carbocycles. The predicted molar refractivity (Wildman–Crippen MR) is 98.8 cm³/mol. The van der Waals surface area contributed by atoms with Crippen LogP contribution in [0.3, 0.4) is 0 Å². The number of amides is 1. The zero-order chi connectivity index (χ0) is 18.2. The SMILES string of the molecule is CC[C@@H](C)c1ccc(NC(=O)COc2cc(OC)cc(OC)c2)cc1. The van der Waals surface area contributed by atoms with E-state index in [1.54, 1.807) is 32.4 Å². The van der Waals surface area contributed by atoms with E-state index in [1.807, 2.05) is 24.3 Å². The van der Waals surface area contributed by atoms with Crippen molar-refractivity contribution in [2.24, 2.45) is 0 Å². The molecular weight excluding hydrogens is 318 g/mol. The molecule has 2 aromatic carbocycles. The molecule has 0 spiro atoms. The maximum absolute atomic E-state index is 12.1. The first kappa shape index (κ1) is 18.6. The lowest BCUT2D eigenvalue weighted by Crippen LogP contribution is -2.20. The van der Waals surface area contributed by atoms with Crippen molar-refractivity contribution in [3.05, 3.63) is 48.0 Å². The molecule has 0 aliphatic rings. The van der Waals surface area contributed by atoms with Gasteiger partial charge in [0.25, 0.3) is 5.91 Å². The minimum atomic E-state index is -0.224. The fourth-order valence-electron chi connectivity index (χ4n) is 2.34. The van der Waals surface area contributed by atoms with Gasteiger partial charge < -0.3 is 19.5 Å². The number of ether oxygens (including phenoxy) is 3. The normalized spacial score (nSPS) is 11.5. The summed E-state index contributed by atoms with van der Waals surface area (Å²) in [4.78, 5) is 12.1. The number of benzene rings is 2. The Bertz CT molecular complexity index is 675. The van der Waals surface area contributed by atoms with Gasteiger partial charge in [0, 0.05) is 23.9 Å². The van der Waals surface area contributed by atoms with Gasteiger partial charge >= 0.3 is 0 Å². The van der Waals surface area contributed by atoms with Gasteiger partial charge in [0.1, 0.15) is 17.2 Å². The monoisotopic (exact) mass is 343 g/mol. The van der Waals surface area contributed by atoms with Gasteiger partial charge in [-0.25, -0.2) is 0 Å². The van der Waals surface area contributed by atoms with Crippen molar-refractivity contribution >= 4 is 11.6 Å². The van der Waals surface area contributed by atoms with Gasteiger partial charge in [-0.2, -0.15) is 0 Å². The molecule has 5 heteroatoms. The van der Waals surface area contributed by atoms with Gasteiger partial charge in [-0.15, -0.1) is 0 Å². The molecule has 1 N–H and O–H groups in total. The van der Waals surface area contributed by atoms with E-state index < -0.39 is 0 Å². The summed E-state index contributed by atoms with van der Waals surface area (Å²) in [7, 11) is 3.13. The first-order valence-corrected chi connectivity index (χ1v) is 8.31. The molecule has 1 atom stereocenters. The van der Waals surface area contributed by atoms with Gasteiger partial charge in [0.15, 0.2) is 6.61 Å². The Morgan fingerprint density at radius 1 is 1.00 bits per heavy atom. The molecule has 5 nitrogen and oxygen atoms in total. The lowest BCUT2D eigenvalue weighted by Gasteiger charge is -2.12. The van der Waals surface area contributed by atoms with Crippen molar-refractivity contribution in [3.8, 4) is 17.2 Å². The first-order chi connectivity index (χ1) is 12.0. The second-order valence-corrected chi connectivity index (χ2v) is 5.82. The summed E-state index contributed by atoms with van der Waals surface area (Å²) in [6.45, 7) is 4.25. The number of rotatable bonds is 8. The summed E-state index contributed by atoms with van der Waals surface area (Å²) in [6.07, 6.45) is 1.09. The Balaban J connectivity index is 1.92. The Hall–Kier alpha value is -2.69. The van der Waals surface area contributed by atoms with Crippen LogP contribution in [-0.4, -0.2) is 26.7 Å². The molecule has 0 heterocycles. The van der Waals surface area contributed by atoms with E-state index in [2.05, 4.69) is 19.2 Å². The van der Waals surface area contributed by atoms with E-state index in [-0.39, 0.29) is 12.5 Å². The van der Waals surface area contributed by atoms with Crippen LogP contribution in [0.1, 0.15) is 31.7 Å². The van der Waals surface area contributed by atoms with Gasteiger partial charge in [-0.1, -0.05) is 26.0 Å². The summed E-state index contributed by atoms with van der Waals surface area (Å²) < 4.78 is 15.9. The molecule has 0 radical (unpaired) electrons. The van der Waals surface area contributed by atoms with Crippen LogP contribution in [0, 0.1) is 0 Å². The van der Waals surface area contributed by atoms with Crippen molar-refractivity contribution in [2.75, 3.05) is 26.1 Å². The number of carbonyl (C=O) groups is 1. The highest BCUT2D eigenvalue weighted by molar-refractivity contribution is 5.91. The number of hydrogen-bond donors (Lipinski definition) is 1. The Morgan fingerprint density at radius 2 is 1.56 bits per heavy atom. The Labute approximate surface area is 148 Å². The van der Waals surface area contributed by atoms with Gasteiger partial charge in [-0.05, 0) is 30.0 Å². The Kier molecular flexibility index (Phi) is 6.69. The molecule has 2 rings (SSSR count). The van der Waals surface area contributed by atoms with Crippen molar-refractivity contribution in [1.29, 1.82) is 0 Å². The third-order valence-electron chi connectivity index (χ3n) is 4.07. The predicted octanol–water partition coefficient (Wildman–Crippen LogP) is 4.23. The van der Waals surface area contributed by atoms with Gasteiger partial charge in [0.05, 0.1) is 14.2 Å². The minimum absolute atomic E-state index is 0.0938. The zero-order valence-corrected chi connectivity index (χ0v) is 15.2. The van der Waals surface area contributed by atoms with E-state index in [4.69, 9.17) is 14.2 Å². The quantitative estimate of drug-likeness (QED) is 0.779. The fourth-order valence-corrected chi connectivity index (χ4v) is 2.34. The third-order valence-corrected chi connectivity index (χ3v) is 4.07. The van der Waals surface area contributed by atoms with E-state index in [0.717, 1.165) is 12.1 Å². The molecule has 0 aromatic heterocycles. The highest BCUT2D eigenvalue weighted by atomic mass is 16.5. The van der Waals surface area contributed by atoms with Crippen LogP contribution >= 0.6 is 0 Å². The van der Waals surface area contributed by atoms with Crippen molar-refractivity contribution in [1.82, 2.24) is 0 Å². The lowest BCUT2D eigenvalue weighted by atomic mass is 9.99. The molecule has 2 aromatic rings. The third kappa shape index (κ3) is 5.41. The highest BCUT2D eigenvalue weighted by Gasteiger charge is 2.08. The lowest BCUT2D eigenvalue weighted by molar-refractivity contribution is -0.118. The van der Waals surface area contributed by atoms with Crippen LogP contribution in [0.25, 0.3) is 0 Å². The second-order valence-electron chi connectivity index (χ2n) is 5.82. The van der Waals surface area contributed by atoms with E-state index in [0.29, 0.717) is 23.2 Å². The van der Waals surface area contributed by atoms with Gasteiger partial charge in [0.2, 0.25) is 0 Å². The Morgan fingerprint density at radius 3 is 2.08 bits per heavy atom. The maximum atomic E-state index is 12.1. The molecule has 25 heavy (non-hydrogen) atoms. The zero-order valence-electron chi connectivity index (χ0n) is 15.2. The summed E-state index contributed by atoms with van der Waals surface area (Å²) >= 11 is 0. The fraction of sp³-hybridized carbons (Fsp3) is 0.350. The highest BCUT2D eigenvalue weighted by Crippen LogP contribution is 2.27. The van der Waals surface area contributed by atoms with E-state index in [1.165, 1.54) is 5.56 Å². The topological polar surface area (TPSA) is 56.8 Å². The number of methoxy groups -OCH3 is 2. The molecule has 0 aliphatic carbocycles. The van der Waals surface area contributed by atoms with E-state index >= 15 is 0 Å². The molecular formula is C20H25NO4. The minimum Gasteiger partial charge on any atom is -0.496 e. The average Bonchev–Trinajstić information content (AvgIpc) is 2.66. The standard InChI is InChI=1S/C20H25NO4/c1-5-14(2)15-6-8-16(9-7-15)21-20(22)13-25-19-11-17(23-3)10-18(12-19)24-4/h6-12,14H,5,13H2,1-4H3,(H,21,22)/t14-/m1/s1. The van der Waals surface area contributed by atoms with Crippen LogP contribution in [-0.2, 0) is 4.79 Å². The molecule has 0 fully saturated rings. The average molecular weight is 343 g/mol. The summed E-state index contributed by atoms with van der Waals surface area (Å²) in [6, 6.07) is 13.1. The molecule has 0 saturated heterocycles. The molecule has 134 valence electrons. The van der Waals surface area contributed by atoms with Crippen LogP contribution < -0.4 is 19.5 Å². The van der Waals surface area contributed by atoms with Crippen LogP contribution in [0.5, 0.6) is 17.2 Å². The number of anilines is 1. The van der Waals surface area contributed by atoms with Crippen LogP contribution in [0.2, 0.25) is 0 Å². The summed E-state index contributed by atoms with van der Waals surface area (Å²) in [5, 5.41) is 2.83. The molecule has 1 amide bonds. The van der Waals surface area contributed by atoms with Crippen LogP contribution in [0.15, 0.2) is 42.5 Å². The number of hydrogen-bond acceptors (Lipinski definition) is 4. The number of nitrogens with one attached hydrogen (secondary N) is 1. The van der Waals surface area contributed by atoms with Crippen molar-refractivity contribution < 1.29 is 19.0 Å². The molecule has 0 aliphatic heterocycles. The molecule has 0 unspecified atom stereocenters. The number of carbonyl (C=O) groups excluding carboxylic acids is 1. The van der Waals surface area contributed by atoms with Crippen LogP contribution in [0.4, 0.5) is 5.69 Å². The summed E-state index contributed by atoms with van der Waals surface area (Å²) in [5.74, 6) is 2.01. The van der Waals surface area contributed by atoms with Crippen molar-refractivity contribution in [2.45, 2.75) is 26.2 Å². The first-order valence-electron chi connectivity index (χ1n) is 8.31. The smallest absolute Gasteiger partial charge is 0.262 e.